The Kier molecular flexibility index (Phi) is 3.90. The zero-order valence-corrected chi connectivity index (χ0v) is 9.90. The van der Waals surface area contributed by atoms with E-state index in [1.54, 1.807) is 6.33 Å². The summed E-state index contributed by atoms with van der Waals surface area (Å²) >= 11 is 0. The van der Waals surface area contributed by atoms with Crippen LogP contribution in [0.3, 0.4) is 0 Å². The molecule has 0 aliphatic heterocycles. The van der Waals surface area contributed by atoms with E-state index < -0.39 is 0 Å². The number of hydrogen-bond donors (Lipinski definition) is 3. The summed E-state index contributed by atoms with van der Waals surface area (Å²) in [5.74, 6) is 0. The van der Waals surface area contributed by atoms with Gasteiger partial charge in [-0.1, -0.05) is 24.3 Å². The van der Waals surface area contributed by atoms with Crippen LogP contribution in [0.15, 0.2) is 30.6 Å². The zero-order valence-electron chi connectivity index (χ0n) is 9.90. The molecule has 0 amide bonds. The van der Waals surface area contributed by atoms with Gasteiger partial charge in [0, 0.05) is 18.8 Å². The van der Waals surface area contributed by atoms with Crippen molar-refractivity contribution in [2.75, 3.05) is 0 Å². The van der Waals surface area contributed by atoms with Crippen molar-refractivity contribution < 1.29 is 5.11 Å². The van der Waals surface area contributed by atoms with E-state index in [0.29, 0.717) is 0 Å². The van der Waals surface area contributed by atoms with Crippen LogP contribution in [0.1, 0.15) is 22.5 Å². The first kappa shape index (κ1) is 11.8. The Hall–Kier alpha value is -1.65. The predicted molar refractivity (Wildman–Crippen MR) is 66.2 cm³/mol. The summed E-state index contributed by atoms with van der Waals surface area (Å²) in [4.78, 5) is 7.27. The van der Waals surface area contributed by atoms with Gasteiger partial charge in [0.15, 0.2) is 0 Å². The molecule has 3 N–H and O–H groups in total. The van der Waals surface area contributed by atoms with Crippen LogP contribution in [-0.4, -0.2) is 15.1 Å². The fourth-order valence-corrected chi connectivity index (χ4v) is 1.73. The van der Waals surface area contributed by atoms with Crippen LogP contribution in [0.4, 0.5) is 0 Å². The highest BCUT2D eigenvalue weighted by atomic mass is 16.3. The second kappa shape index (κ2) is 5.61. The molecule has 0 fully saturated rings. The molecule has 1 aromatic carbocycles. The van der Waals surface area contributed by atoms with Gasteiger partial charge in [-0.2, -0.15) is 0 Å². The van der Waals surface area contributed by atoms with Crippen molar-refractivity contribution in [1.82, 2.24) is 15.3 Å². The predicted octanol–water partition coefficient (Wildman–Crippen LogP) is 1.50. The van der Waals surface area contributed by atoms with Crippen LogP contribution in [0, 0.1) is 6.92 Å². The maximum atomic E-state index is 9.04. The SMILES string of the molecule is Cc1[nH]cnc1CNCc1cccc(CO)c1. The zero-order chi connectivity index (χ0) is 12.1. The van der Waals surface area contributed by atoms with Crippen molar-refractivity contribution >= 4 is 0 Å². The van der Waals surface area contributed by atoms with Crippen molar-refractivity contribution in [2.24, 2.45) is 0 Å². The molecule has 0 saturated heterocycles. The summed E-state index contributed by atoms with van der Waals surface area (Å²) in [6, 6.07) is 7.93. The third-order valence-electron chi connectivity index (χ3n) is 2.73. The first-order valence-corrected chi connectivity index (χ1v) is 5.68. The second-order valence-electron chi connectivity index (χ2n) is 4.06. The van der Waals surface area contributed by atoms with Crippen LogP contribution in [0.5, 0.6) is 0 Å². The molecule has 17 heavy (non-hydrogen) atoms. The Labute approximate surface area is 101 Å². The molecule has 0 saturated carbocycles. The van der Waals surface area contributed by atoms with Gasteiger partial charge in [-0.25, -0.2) is 4.98 Å². The van der Waals surface area contributed by atoms with Gasteiger partial charge in [0.2, 0.25) is 0 Å². The first-order chi connectivity index (χ1) is 8.29. The highest BCUT2D eigenvalue weighted by Crippen LogP contribution is 2.06. The number of H-pyrrole nitrogens is 1. The van der Waals surface area contributed by atoms with Crippen molar-refractivity contribution in [2.45, 2.75) is 26.6 Å². The van der Waals surface area contributed by atoms with Crippen molar-refractivity contribution in [3.63, 3.8) is 0 Å². The van der Waals surface area contributed by atoms with E-state index in [1.807, 2.05) is 31.2 Å². The third kappa shape index (κ3) is 3.15. The molecule has 0 aliphatic carbocycles. The van der Waals surface area contributed by atoms with E-state index in [1.165, 1.54) is 5.56 Å². The van der Waals surface area contributed by atoms with Gasteiger partial charge in [-0.3, -0.25) is 0 Å². The molecule has 4 heteroatoms. The monoisotopic (exact) mass is 231 g/mol. The normalized spacial score (nSPS) is 10.7. The number of hydrogen-bond acceptors (Lipinski definition) is 3. The second-order valence-corrected chi connectivity index (χ2v) is 4.06. The number of nitrogens with one attached hydrogen (secondary N) is 2. The van der Waals surface area contributed by atoms with Gasteiger partial charge in [-0.15, -0.1) is 0 Å². The van der Waals surface area contributed by atoms with Crippen molar-refractivity contribution in [1.29, 1.82) is 0 Å². The fraction of sp³-hybridized carbons (Fsp3) is 0.308. The molecule has 4 nitrogen and oxygen atoms in total. The summed E-state index contributed by atoms with van der Waals surface area (Å²) in [6.07, 6.45) is 1.71. The molecule has 2 rings (SSSR count). The molecule has 2 aromatic rings. The number of aromatic nitrogens is 2. The summed E-state index contributed by atoms with van der Waals surface area (Å²) in [7, 11) is 0. The van der Waals surface area contributed by atoms with E-state index in [9.17, 15) is 0 Å². The minimum Gasteiger partial charge on any atom is -0.392 e. The van der Waals surface area contributed by atoms with E-state index in [-0.39, 0.29) is 6.61 Å². The van der Waals surface area contributed by atoms with E-state index >= 15 is 0 Å². The quantitative estimate of drug-likeness (QED) is 0.731. The maximum absolute atomic E-state index is 9.04. The number of aromatic amines is 1. The average Bonchev–Trinajstić information content (AvgIpc) is 2.76. The standard InChI is InChI=1S/C13H17N3O/c1-10-13(16-9-15-10)7-14-6-11-3-2-4-12(5-11)8-17/h2-5,9,14,17H,6-8H2,1H3,(H,15,16). The minimum atomic E-state index is 0.0896. The van der Waals surface area contributed by atoms with Gasteiger partial charge < -0.3 is 15.4 Å². The third-order valence-corrected chi connectivity index (χ3v) is 2.73. The average molecular weight is 231 g/mol. The lowest BCUT2D eigenvalue weighted by Gasteiger charge is -2.05. The summed E-state index contributed by atoms with van der Waals surface area (Å²) in [6.45, 7) is 3.63. The molecular formula is C13H17N3O. The van der Waals surface area contributed by atoms with Crippen molar-refractivity contribution in [3.8, 4) is 0 Å². The molecule has 0 atom stereocenters. The van der Waals surface area contributed by atoms with Crippen LogP contribution in [-0.2, 0) is 19.7 Å². The largest absolute Gasteiger partial charge is 0.392 e. The summed E-state index contributed by atoms with van der Waals surface area (Å²) in [5, 5.41) is 12.4. The number of aliphatic hydroxyl groups is 1. The summed E-state index contributed by atoms with van der Waals surface area (Å²) < 4.78 is 0. The number of benzene rings is 1. The molecule has 0 unspecified atom stereocenters. The van der Waals surface area contributed by atoms with Gasteiger partial charge in [0.1, 0.15) is 0 Å². The molecule has 0 radical (unpaired) electrons. The molecule has 1 heterocycles. The molecule has 0 bridgehead atoms. The van der Waals surface area contributed by atoms with Gasteiger partial charge in [0.05, 0.1) is 18.6 Å². The maximum Gasteiger partial charge on any atom is 0.0925 e. The Morgan fingerprint density at radius 3 is 2.82 bits per heavy atom. The van der Waals surface area contributed by atoms with Gasteiger partial charge >= 0.3 is 0 Å². The number of aryl methyl sites for hydroxylation is 1. The van der Waals surface area contributed by atoms with E-state index in [2.05, 4.69) is 15.3 Å². The Morgan fingerprint density at radius 2 is 2.12 bits per heavy atom. The molecule has 90 valence electrons. The molecule has 0 aliphatic rings. The van der Waals surface area contributed by atoms with Crippen LogP contribution < -0.4 is 5.32 Å². The van der Waals surface area contributed by atoms with Crippen LogP contribution >= 0.6 is 0 Å². The smallest absolute Gasteiger partial charge is 0.0925 e. The molecule has 1 aromatic heterocycles. The van der Waals surface area contributed by atoms with E-state index in [4.69, 9.17) is 5.11 Å². The Morgan fingerprint density at radius 1 is 1.29 bits per heavy atom. The number of rotatable bonds is 5. The van der Waals surface area contributed by atoms with Gasteiger partial charge in [-0.05, 0) is 18.1 Å². The number of aliphatic hydroxyl groups excluding tert-OH is 1. The highest BCUT2D eigenvalue weighted by Gasteiger charge is 2.00. The number of nitrogens with zero attached hydrogens (tertiary/aromatic N) is 1. The Bertz CT molecular complexity index is 479. The first-order valence-electron chi connectivity index (χ1n) is 5.68. The Balaban J connectivity index is 1.87. The topological polar surface area (TPSA) is 60.9 Å². The molecule has 0 spiro atoms. The summed E-state index contributed by atoms with van der Waals surface area (Å²) in [5.41, 5.74) is 4.26. The number of imidazole rings is 1. The lowest BCUT2D eigenvalue weighted by molar-refractivity contribution is 0.281. The highest BCUT2D eigenvalue weighted by molar-refractivity contribution is 5.22. The lowest BCUT2D eigenvalue weighted by Crippen LogP contribution is -2.13. The lowest BCUT2D eigenvalue weighted by atomic mass is 10.1. The van der Waals surface area contributed by atoms with E-state index in [0.717, 1.165) is 30.0 Å². The van der Waals surface area contributed by atoms with Crippen LogP contribution in [0.2, 0.25) is 0 Å². The minimum absolute atomic E-state index is 0.0896. The van der Waals surface area contributed by atoms with Gasteiger partial charge in [0.25, 0.3) is 0 Å². The molecular weight excluding hydrogens is 214 g/mol. The fourth-order valence-electron chi connectivity index (χ4n) is 1.73. The van der Waals surface area contributed by atoms with Crippen molar-refractivity contribution in [3.05, 3.63) is 53.1 Å². The van der Waals surface area contributed by atoms with Crippen LogP contribution in [0.25, 0.3) is 0 Å².